The van der Waals surface area contributed by atoms with Gasteiger partial charge < -0.3 is 9.47 Å². The lowest BCUT2D eigenvalue weighted by Crippen LogP contribution is -2.23. The molecule has 0 atom stereocenters. The van der Waals surface area contributed by atoms with Crippen LogP contribution >= 0.6 is 0 Å². The van der Waals surface area contributed by atoms with Gasteiger partial charge in [0.25, 0.3) is 0 Å². The SMILES string of the molecule is COc1c(C(C)=O)c(-c2ccc(OCc3c(C)cccc3-n3nnn(C)c3=O)c(C)c2)nn1C. The minimum absolute atomic E-state index is 0.121. The van der Waals surface area contributed by atoms with E-state index in [-0.39, 0.29) is 18.1 Å². The maximum absolute atomic E-state index is 12.4. The molecule has 10 heteroatoms. The molecule has 0 saturated carbocycles. The first kappa shape index (κ1) is 23.0. The van der Waals surface area contributed by atoms with Crippen LogP contribution in [0, 0.1) is 13.8 Å². The summed E-state index contributed by atoms with van der Waals surface area (Å²) in [5.41, 5.74) is 4.76. The summed E-state index contributed by atoms with van der Waals surface area (Å²) in [6.07, 6.45) is 0. The van der Waals surface area contributed by atoms with Crippen molar-refractivity contribution >= 4 is 5.78 Å². The highest BCUT2D eigenvalue weighted by Gasteiger charge is 2.22. The topological polar surface area (TPSA) is 106 Å². The van der Waals surface area contributed by atoms with Crippen LogP contribution in [0.4, 0.5) is 0 Å². The number of aromatic nitrogens is 6. The van der Waals surface area contributed by atoms with Crippen LogP contribution in [-0.4, -0.2) is 42.5 Å². The number of hydrogen-bond acceptors (Lipinski definition) is 7. The molecular formula is C24H26N6O4. The van der Waals surface area contributed by atoms with Crippen molar-refractivity contribution in [2.45, 2.75) is 27.4 Å². The van der Waals surface area contributed by atoms with Crippen LogP contribution in [0.3, 0.4) is 0 Å². The van der Waals surface area contributed by atoms with E-state index >= 15 is 0 Å². The van der Waals surface area contributed by atoms with Crippen molar-refractivity contribution < 1.29 is 14.3 Å². The van der Waals surface area contributed by atoms with Gasteiger partial charge in [-0.15, -0.1) is 0 Å². The Morgan fingerprint density at radius 3 is 2.41 bits per heavy atom. The fraction of sp³-hybridized carbons (Fsp3) is 0.292. The van der Waals surface area contributed by atoms with E-state index in [1.165, 1.54) is 23.4 Å². The summed E-state index contributed by atoms with van der Waals surface area (Å²) in [5.74, 6) is 0.979. The molecule has 0 bridgehead atoms. The second-order valence-electron chi connectivity index (χ2n) is 8.05. The van der Waals surface area contributed by atoms with E-state index in [1.807, 2.05) is 50.2 Å². The molecule has 0 N–H and O–H groups in total. The first-order valence-electron chi connectivity index (χ1n) is 10.7. The molecule has 0 aliphatic carbocycles. The zero-order valence-electron chi connectivity index (χ0n) is 20.0. The number of tetrazole rings is 1. The van der Waals surface area contributed by atoms with Gasteiger partial charge in [0.1, 0.15) is 23.6 Å². The summed E-state index contributed by atoms with van der Waals surface area (Å²) in [6.45, 7) is 5.62. The van der Waals surface area contributed by atoms with E-state index in [4.69, 9.17) is 9.47 Å². The van der Waals surface area contributed by atoms with Gasteiger partial charge in [-0.1, -0.05) is 12.1 Å². The van der Waals surface area contributed by atoms with Crippen LogP contribution in [0.1, 0.15) is 34.0 Å². The summed E-state index contributed by atoms with van der Waals surface area (Å²) < 4.78 is 15.5. The summed E-state index contributed by atoms with van der Waals surface area (Å²) in [6, 6.07) is 11.3. The minimum Gasteiger partial charge on any atom is -0.489 e. The highest BCUT2D eigenvalue weighted by atomic mass is 16.5. The Morgan fingerprint density at radius 2 is 1.79 bits per heavy atom. The number of carbonyl (C=O) groups excluding carboxylic acids is 1. The minimum atomic E-state index is -0.334. The third-order valence-corrected chi connectivity index (χ3v) is 5.70. The molecule has 4 aromatic rings. The first-order valence-corrected chi connectivity index (χ1v) is 10.7. The Balaban J connectivity index is 1.65. The second kappa shape index (κ2) is 8.97. The van der Waals surface area contributed by atoms with Crippen molar-refractivity contribution in [1.82, 2.24) is 29.6 Å². The van der Waals surface area contributed by atoms with Crippen molar-refractivity contribution in [3.8, 4) is 28.6 Å². The maximum Gasteiger partial charge on any atom is 0.368 e. The Hall–Kier alpha value is -4.21. The number of rotatable bonds is 7. The fourth-order valence-electron chi connectivity index (χ4n) is 3.91. The molecule has 0 radical (unpaired) electrons. The molecule has 10 nitrogen and oxygen atoms in total. The second-order valence-corrected chi connectivity index (χ2v) is 8.05. The number of nitrogens with zero attached hydrogens (tertiary/aromatic N) is 6. The van der Waals surface area contributed by atoms with E-state index in [9.17, 15) is 9.59 Å². The van der Waals surface area contributed by atoms with E-state index in [0.29, 0.717) is 28.6 Å². The van der Waals surface area contributed by atoms with Crippen molar-refractivity contribution in [2.75, 3.05) is 7.11 Å². The summed E-state index contributed by atoms with van der Waals surface area (Å²) in [7, 11) is 4.81. The molecule has 0 aliphatic heterocycles. The number of ether oxygens (including phenoxy) is 2. The Bertz CT molecular complexity index is 1450. The van der Waals surface area contributed by atoms with Crippen LogP contribution < -0.4 is 15.2 Å². The number of ketones is 1. The number of Topliss-reactive ketones (excluding diaryl/α,β-unsaturated/α-hetero) is 1. The number of benzene rings is 2. The molecule has 34 heavy (non-hydrogen) atoms. The molecule has 2 heterocycles. The molecule has 0 aliphatic rings. The largest absolute Gasteiger partial charge is 0.489 e. The van der Waals surface area contributed by atoms with Crippen LogP contribution in [0.25, 0.3) is 16.9 Å². The summed E-state index contributed by atoms with van der Waals surface area (Å²) in [5, 5.41) is 12.2. The van der Waals surface area contributed by atoms with Gasteiger partial charge in [-0.3, -0.25) is 4.79 Å². The monoisotopic (exact) mass is 462 g/mol. The van der Waals surface area contributed by atoms with Crippen LogP contribution in [0.5, 0.6) is 11.6 Å². The Labute approximate surface area is 196 Å². The smallest absolute Gasteiger partial charge is 0.368 e. The number of aryl methyl sites for hydroxylation is 4. The van der Waals surface area contributed by atoms with Gasteiger partial charge in [-0.05, 0) is 66.6 Å². The zero-order chi connectivity index (χ0) is 24.6. The van der Waals surface area contributed by atoms with Gasteiger partial charge in [0.15, 0.2) is 5.78 Å². The van der Waals surface area contributed by atoms with Crippen LogP contribution in [0.2, 0.25) is 0 Å². The van der Waals surface area contributed by atoms with Gasteiger partial charge in [0, 0.05) is 25.2 Å². The zero-order valence-corrected chi connectivity index (χ0v) is 20.0. The average molecular weight is 463 g/mol. The van der Waals surface area contributed by atoms with Crippen molar-refractivity contribution in [3.63, 3.8) is 0 Å². The maximum atomic E-state index is 12.4. The molecule has 2 aromatic heterocycles. The highest BCUT2D eigenvalue weighted by molar-refractivity contribution is 6.02. The van der Waals surface area contributed by atoms with Gasteiger partial charge in [-0.25, -0.2) is 9.48 Å². The molecule has 0 unspecified atom stereocenters. The number of carbonyl (C=O) groups is 1. The van der Waals surface area contributed by atoms with E-state index in [0.717, 1.165) is 22.3 Å². The lowest BCUT2D eigenvalue weighted by atomic mass is 10.0. The van der Waals surface area contributed by atoms with Crippen molar-refractivity contribution in [1.29, 1.82) is 0 Å². The molecule has 4 rings (SSSR count). The normalized spacial score (nSPS) is 11.0. The average Bonchev–Trinajstić information content (AvgIpc) is 3.32. The molecule has 0 saturated heterocycles. The van der Waals surface area contributed by atoms with Crippen LogP contribution in [0.15, 0.2) is 41.2 Å². The lowest BCUT2D eigenvalue weighted by molar-refractivity contribution is 0.101. The fourth-order valence-corrected chi connectivity index (χ4v) is 3.91. The standard InChI is InChI=1S/C24H26N6O4/c1-14-8-7-9-19(30-24(32)29(5)26-27-30)18(14)13-34-20-11-10-17(12-15(20)2)22-21(16(3)31)23(33-6)28(4)25-22/h7-12H,13H2,1-6H3. The number of methoxy groups -OCH3 is 1. The predicted octanol–water partition coefficient (Wildman–Crippen LogP) is 2.77. The van der Waals surface area contributed by atoms with Gasteiger partial charge >= 0.3 is 5.69 Å². The third-order valence-electron chi connectivity index (χ3n) is 5.70. The quantitative estimate of drug-likeness (QED) is 0.389. The molecule has 176 valence electrons. The molecule has 0 spiro atoms. The predicted molar refractivity (Wildman–Crippen MR) is 126 cm³/mol. The van der Waals surface area contributed by atoms with Gasteiger partial charge in [-0.2, -0.15) is 14.5 Å². The van der Waals surface area contributed by atoms with E-state index < -0.39 is 0 Å². The summed E-state index contributed by atoms with van der Waals surface area (Å²) >= 11 is 0. The first-order chi connectivity index (χ1) is 16.2. The Morgan fingerprint density at radius 1 is 1.03 bits per heavy atom. The molecular weight excluding hydrogens is 436 g/mol. The molecule has 2 aromatic carbocycles. The van der Waals surface area contributed by atoms with Gasteiger partial charge in [0.2, 0.25) is 5.88 Å². The van der Waals surface area contributed by atoms with Crippen molar-refractivity contribution in [2.24, 2.45) is 14.1 Å². The van der Waals surface area contributed by atoms with Crippen molar-refractivity contribution in [3.05, 3.63) is 69.1 Å². The van der Waals surface area contributed by atoms with E-state index in [1.54, 1.807) is 18.8 Å². The third kappa shape index (κ3) is 3.98. The van der Waals surface area contributed by atoms with Gasteiger partial charge in [0.05, 0.1) is 12.8 Å². The molecule has 0 amide bonds. The molecule has 0 fully saturated rings. The number of hydrogen-bond donors (Lipinski definition) is 0. The Kier molecular flexibility index (Phi) is 6.06. The van der Waals surface area contributed by atoms with Crippen LogP contribution in [-0.2, 0) is 20.7 Å². The highest BCUT2D eigenvalue weighted by Crippen LogP contribution is 2.33. The van der Waals surface area contributed by atoms with E-state index in [2.05, 4.69) is 15.5 Å². The lowest BCUT2D eigenvalue weighted by Gasteiger charge is -2.15. The summed E-state index contributed by atoms with van der Waals surface area (Å²) in [4.78, 5) is 24.6.